The number of urea groups is 1. The molecule has 21 heavy (non-hydrogen) atoms. The van der Waals surface area contributed by atoms with Crippen LogP contribution in [0.5, 0.6) is 5.75 Å². The number of carbonyl (C=O) groups is 1. The molecule has 0 saturated carbocycles. The molecule has 2 N–H and O–H groups in total. The van der Waals surface area contributed by atoms with Crippen molar-refractivity contribution in [3.63, 3.8) is 0 Å². The second-order valence-electron chi connectivity index (χ2n) is 4.30. The molecule has 2 amide bonds. The Balaban J connectivity index is 2.18. The lowest BCUT2D eigenvalue weighted by molar-refractivity contribution is -0.0498. The first-order chi connectivity index (χ1) is 10.1. The first-order valence-electron chi connectivity index (χ1n) is 6.66. The molecule has 0 fully saturated rings. The van der Waals surface area contributed by atoms with Crippen molar-refractivity contribution in [2.45, 2.75) is 19.5 Å². The highest BCUT2D eigenvalue weighted by Crippen LogP contribution is 2.14. The zero-order valence-electron chi connectivity index (χ0n) is 11.9. The summed E-state index contributed by atoms with van der Waals surface area (Å²) >= 11 is 0. The summed E-state index contributed by atoms with van der Waals surface area (Å²) in [5.41, 5.74) is 0.927. The summed E-state index contributed by atoms with van der Waals surface area (Å²) < 4.78 is 33.1. The largest absolute Gasteiger partial charge is 0.435 e. The Labute approximate surface area is 122 Å². The standard InChI is InChI=1S/C14H20F2N2O3/c1-20-10-2-8-17-14(19)18-9-7-11-3-5-12(6-4-11)21-13(15)16/h3-6,13H,2,7-10H2,1H3,(H2,17,18,19). The van der Waals surface area contributed by atoms with E-state index in [1.807, 2.05) is 0 Å². The minimum Gasteiger partial charge on any atom is -0.435 e. The van der Waals surface area contributed by atoms with Gasteiger partial charge in [-0.3, -0.25) is 0 Å². The van der Waals surface area contributed by atoms with E-state index in [0.29, 0.717) is 26.1 Å². The van der Waals surface area contributed by atoms with Crippen LogP contribution in [0.1, 0.15) is 12.0 Å². The average molecular weight is 302 g/mol. The van der Waals surface area contributed by atoms with E-state index in [2.05, 4.69) is 15.4 Å². The maximum atomic E-state index is 12.0. The van der Waals surface area contributed by atoms with Gasteiger partial charge in [0.15, 0.2) is 0 Å². The Morgan fingerprint density at radius 3 is 2.48 bits per heavy atom. The lowest BCUT2D eigenvalue weighted by atomic mass is 10.1. The predicted octanol–water partition coefficient (Wildman–Crippen LogP) is 2.17. The maximum Gasteiger partial charge on any atom is 0.387 e. The monoisotopic (exact) mass is 302 g/mol. The highest BCUT2D eigenvalue weighted by atomic mass is 19.3. The van der Waals surface area contributed by atoms with E-state index in [1.165, 1.54) is 12.1 Å². The smallest absolute Gasteiger partial charge is 0.387 e. The van der Waals surface area contributed by atoms with Crippen LogP contribution in [-0.2, 0) is 11.2 Å². The van der Waals surface area contributed by atoms with Crippen LogP contribution in [0.2, 0.25) is 0 Å². The molecule has 0 saturated heterocycles. The highest BCUT2D eigenvalue weighted by Gasteiger charge is 2.04. The van der Waals surface area contributed by atoms with Gasteiger partial charge in [0.25, 0.3) is 0 Å². The summed E-state index contributed by atoms with van der Waals surface area (Å²) in [5.74, 6) is 0.123. The molecule has 0 spiro atoms. The Morgan fingerprint density at radius 1 is 1.19 bits per heavy atom. The SMILES string of the molecule is COCCCNC(=O)NCCc1ccc(OC(F)F)cc1. The molecular weight excluding hydrogens is 282 g/mol. The van der Waals surface area contributed by atoms with Gasteiger partial charge in [-0.1, -0.05) is 12.1 Å². The van der Waals surface area contributed by atoms with Crippen molar-refractivity contribution in [3.05, 3.63) is 29.8 Å². The predicted molar refractivity (Wildman–Crippen MR) is 74.7 cm³/mol. The highest BCUT2D eigenvalue weighted by molar-refractivity contribution is 5.73. The van der Waals surface area contributed by atoms with E-state index in [-0.39, 0.29) is 11.8 Å². The third-order valence-corrected chi connectivity index (χ3v) is 2.66. The summed E-state index contributed by atoms with van der Waals surface area (Å²) in [7, 11) is 1.61. The first-order valence-corrected chi connectivity index (χ1v) is 6.66. The zero-order valence-corrected chi connectivity index (χ0v) is 11.9. The van der Waals surface area contributed by atoms with E-state index in [0.717, 1.165) is 12.0 Å². The summed E-state index contributed by atoms with van der Waals surface area (Å²) in [6, 6.07) is 6.11. The lowest BCUT2D eigenvalue weighted by Gasteiger charge is -2.08. The summed E-state index contributed by atoms with van der Waals surface area (Å²) in [6.07, 6.45) is 1.37. The fourth-order valence-electron chi connectivity index (χ4n) is 1.64. The van der Waals surface area contributed by atoms with Crippen LogP contribution in [0.3, 0.4) is 0 Å². The molecule has 7 heteroatoms. The third-order valence-electron chi connectivity index (χ3n) is 2.66. The van der Waals surface area contributed by atoms with Crippen LogP contribution in [0.25, 0.3) is 0 Å². The summed E-state index contributed by atoms with van der Waals surface area (Å²) in [4.78, 5) is 11.4. The van der Waals surface area contributed by atoms with Crippen molar-refractivity contribution in [1.82, 2.24) is 10.6 Å². The molecule has 0 aromatic heterocycles. The fraction of sp³-hybridized carbons (Fsp3) is 0.500. The minimum absolute atomic E-state index is 0.123. The van der Waals surface area contributed by atoms with E-state index < -0.39 is 6.61 Å². The molecule has 1 aromatic carbocycles. The van der Waals surface area contributed by atoms with Crippen molar-refractivity contribution in [2.24, 2.45) is 0 Å². The van der Waals surface area contributed by atoms with Crippen molar-refractivity contribution >= 4 is 6.03 Å². The number of nitrogens with one attached hydrogen (secondary N) is 2. The Kier molecular flexibility index (Phi) is 8.11. The van der Waals surface area contributed by atoms with Gasteiger partial charge in [0.2, 0.25) is 0 Å². The third kappa shape index (κ3) is 8.09. The molecule has 0 aliphatic rings. The van der Waals surface area contributed by atoms with Gasteiger partial charge in [-0.15, -0.1) is 0 Å². The number of benzene rings is 1. The van der Waals surface area contributed by atoms with E-state index in [9.17, 15) is 13.6 Å². The van der Waals surface area contributed by atoms with Crippen molar-refractivity contribution in [3.8, 4) is 5.75 Å². The van der Waals surface area contributed by atoms with Crippen molar-refractivity contribution in [2.75, 3.05) is 26.8 Å². The number of alkyl halides is 2. The number of methoxy groups -OCH3 is 1. The topological polar surface area (TPSA) is 59.6 Å². The van der Waals surface area contributed by atoms with Gasteiger partial charge >= 0.3 is 12.6 Å². The number of ether oxygens (including phenoxy) is 2. The fourth-order valence-corrected chi connectivity index (χ4v) is 1.64. The molecular formula is C14H20F2N2O3. The van der Waals surface area contributed by atoms with Gasteiger partial charge in [-0.05, 0) is 30.5 Å². The number of halogens is 2. The molecule has 0 atom stereocenters. The van der Waals surface area contributed by atoms with Gasteiger partial charge in [-0.2, -0.15) is 8.78 Å². The van der Waals surface area contributed by atoms with Crippen LogP contribution >= 0.6 is 0 Å². The van der Waals surface area contributed by atoms with Gasteiger partial charge in [0.05, 0.1) is 0 Å². The Hall–Kier alpha value is -1.89. The second kappa shape index (κ2) is 9.93. The minimum atomic E-state index is -2.82. The molecule has 0 radical (unpaired) electrons. The average Bonchev–Trinajstić information content (AvgIpc) is 2.45. The molecule has 0 bridgehead atoms. The Morgan fingerprint density at radius 2 is 1.86 bits per heavy atom. The van der Waals surface area contributed by atoms with Crippen LogP contribution < -0.4 is 15.4 Å². The lowest BCUT2D eigenvalue weighted by Crippen LogP contribution is -2.37. The Bertz CT molecular complexity index is 413. The number of amides is 2. The number of carbonyl (C=O) groups excluding carboxylic acids is 1. The van der Waals surface area contributed by atoms with Gasteiger partial charge in [-0.25, -0.2) is 4.79 Å². The van der Waals surface area contributed by atoms with Gasteiger partial charge < -0.3 is 20.1 Å². The van der Waals surface area contributed by atoms with E-state index in [4.69, 9.17) is 4.74 Å². The molecule has 118 valence electrons. The van der Waals surface area contributed by atoms with Crippen LogP contribution in [0.15, 0.2) is 24.3 Å². The van der Waals surface area contributed by atoms with Crippen LogP contribution in [0.4, 0.5) is 13.6 Å². The zero-order chi connectivity index (χ0) is 15.5. The van der Waals surface area contributed by atoms with Gasteiger partial charge in [0.1, 0.15) is 5.75 Å². The molecule has 5 nitrogen and oxygen atoms in total. The van der Waals surface area contributed by atoms with Crippen molar-refractivity contribution in [1.29, 1.82) is 0 Å². The van der Waals surface area contributed by atoms with Gasteiger partial charge in [0, 0.05) is 26.8 Å². The number of hydrogen-bond acceptors (Lipinski definition) is 3. The molecule has 0 heterocycles. The number of hydrogen-bond donors (Lipinski definition) is 2. The molecule has 1 aromatic rings. The molecule has 0 aliphatic heterocycles. The molecule has 1 rings (SSSR count). The van der Waals surface area contributed by atoms with E-state index >= 15 is 0 Å². The van der Waals surface area contributed by atoms with E-state index in [1.54, 1.807) is 19.2 Å². The molecule has 0 aliphatic carbocycles. The van der Waals surface area contributed by atoms with Crippen molar-refractivity contribution < 1.29 is 23.0 Å². The molecule has 0 unspecified atom stereocenters. The first kappa shape index (κ1) is 17.2. The summed E-state index contributed by atoms with van der Waals surface area (Å²) in [5, 5.41) is 5.41. The maximum absolute atomic E-state index is 12.0. The quantitative estimate of drug-likeness (QED) is 0.687. The number of rotatable bonds is 9. The van der Waals surface area contributed by atoms with Crippen LogP contribution in [-0.4, -0.2) is 39.4 Å². The second-order valence-corrected chi connectivity index (χ2v) is 4.30. The normalized spacial score (nSPS) is 10.5. The summed E-state index contributed by atoms with van der Waals surface area (Å²) in [6.45, 7) is -1.20. The van der Waals surface area contributed by atoms with Crippen LogP contribution in [0, 0.1) is 0 Å².